The van der Waals surface area contributed by atoms with Crippen LogP contribution >= 0.6 is 11.6 Å². The predicted molar refractivity (Wildman–Crippen MR) is 75.9 cm³/mol. The zero-order valence-electron chi connectivity index (χ0n) is 11.1. The summed E-state index contributed by atoms with van der Waals surface area (Å²) in [5.41, 5.74) is 1.71. The van der Waals surface area contributed by atoms with Crippen molar-refractivity contribution < 1.29 is 14.6 Å². The Hall–Kier alpha value is -1.23. The highest BCUT2D eigenvalue weighted by Gasteiger charge is 2.15. The summed E-state index contributed by atoms with van der Waals surface area (Å²) >= 11 is 6.32. The van der Waals surface area contributed by atoms with Crippen molar-refractivity contribution in [2.45, 2.75) is 20.1 Å². The van der Waals surface area contributed by atoms with E-state index in [1.807, 2.05) is 29.7 Å². The lowest BCUT2D eigenvalue weighted by Crippen LogP contribution is -2.04. The standard InChI is InChI=1S/C14H18ClNO3/c1-3-19-10-4-5-13-11(8-10)12(9-17)14(15)16(13)6-7-18-2/h4-5,8,17H,3,6-7,9H2,1-2H3. The van der Waals surface area contributed by atoms with E-state index in [2.05, 4.69) is 0 Å². The van der Waals surface area contributed by atoms with Crippen molar-refractivity contribution in [1.29, 1.82) is 0 Å². The molecule has 2 aromatic rings. The zero-order valence-corrected chi connectivity index (χ0v) is 11.9. The quantitative estimate of drug-likeness (QED) is 0.886. The van der Waals surface area contributed by atoms with Crippen molar-refractivity contribution in [2.75, 3.05) is 20.3 Å². The molecule has 0 aliphatic carbocycles. The molecular weight excluding hydrogens is 266 g/mol. The molecule has 0 bridgehead atoms. The largest absolute Gasteiger partial charge is 0.494 e. The van der Waals surface area contributed by atoms with Crippen LogP contribution in [-0.2, 0) is 17.9 Å². The normalized spacial score (nSPS) is 11.2. The molecule has 0 atom stereocenters. The molecule has 1 aromatic carbocycles. The molecule has 0 saturated carbocycles. The van der Waals surface area contributed by atoms with E-state index in [0.29, 0.717) is 24.9 Å². The number of ether oxygens (including phenoxy) is 2. The minimum Gasteiger partial charge on any atom is -0.494 e. The molecule has 1 N–H and O–H groups in total. The molecule has 0 radical (unpaired) electrons. The predicted octanol–water partition coefficient (Wildman–Crippen LogP) is 2.83. The maximum absolute atomic E-state index is 9.51. The first kappa shape index (κ1) is 14.2. The van der Waals surface area contributed by atoms with Crippen LogP contribution in [0.4, 0.5) is 0 Å². The van der Waals surface area contributed by atoms with Gasteiger partial charge in [0.15, 0.2) is 0 Å². The summed E-state index contributed by atoms with van der Waals surface area (Å²) < 4.78 is 12.5. The maximum Gasteiger partial charge on any atom is 0.120 e. The molecule has 0 unspecified atom stereocenters. The number of fused-ring (bicyclic) bond motifs is 1. The Morgan fingerprint density at radius 3 is 2.79 bits per heavy atom. The maximum atomic E-state index is 9.51. The number of rotatable bonds is 6. The van der Waals surface area contributed by atoms with E-state index in [9.17, 15) is 5.11 Å². The average molecular weight is 284 g/mol. The van der Waals surface area contributed by atoms with Crippen LogP contribution in [-0.4, -0.2) is 30.0 Å². The van der Waals surface area contributed by atoms with Crippen molar-refractivity contribution in [3.63, 3.8) is 0 Å². The number of hydrogen-bond donors (Lipinski definition) is 1. The van der Waals surface area contributed by atoms with E-state index < -0.39 is 0 Å². The van der Waals surface area contributed by atoms with Crippen molar-refractivity contribution in [1.82, 2.24) is 4.57 Å². The second-order valence-electron chi connectivity index (χ2n) is 4.18. The van der Waals surface area contributed by atoms with Gasteiger partial charge in [-0.2, -0.15) is 0 Å². The first-order valence-corrected chi connectivity index (χ1v) is 6.64. The van der Waals surface area contributed by atoms with Gasteiger partial charge in [0.05, 0.1) is 19.8 Å². The fourth-order valence-corrected chi connectivity index (χ4v) is 2.52. The minimum absolute atomic E-state index is 0.0924. The number of aliphatic hydroxyl groups is 1. The summed E-state index contributed by atoms with van der Waals surface area (Å²) in [6.07, 6.45) is 0. The number of aromatic nitrogens is 1. The summed E-state index contributed by atoms with van der Waals surface area (Å²) in [6, 6.07) is 5.78. The van der Waals surface area contributed by atoms with Gasteiger partial charge in [-0.15, -0.1) is 0 Å². The van der Waals surface area contributed by atoms with Gasteiger partial charge in [0, 0.05) is 30.1 Å². The molecule has 4 nitrogen and oxygen atoms in total. The van der Waals surface area contributed by atoms with Crippen molar-refractivity contribution in [2.24, 2.45) is 0 Å². The molecular formula is C14H18ClNO3. The molecule has 0 saturated heterocycles. The second kappa shape index (κ2) is 6.28. The van der Waals surface area contributed by atoms with Crippen molar-refractivity contribution in [3.8, 4) is 5.75 Å². The molecule has 0 amide bonds. The third kappa shape index (κ3) is 2.71. The Kier molecular flexibility index (Phi) is 4.69. The average Bonchev–Trinajstić information content (AvgIpc) is 2.68. The van der Waals surface area contributed by atoms with E-state index in [0.717, 1.165) is 22.2 Å². The highest BCUT2D eigenvalue weighted by Crippen LogP contribution is 2.32. The van der Waals surface area contributed by atoms with Gasteiger partial charge in [-0.25, -0.2) is 0 Å². The highest BCUT2D eigenvalue weighted by atomic mass is 35.5. The Morgan fingerprint density at radius 2 is 2.16 bits per heavy atom. The van der Waals surface area contributed by atoms with Crippen LogP contribution in [0.3, 0.4) is 0 Å². The molecule has 19 heavy (non-hydrogen) atoms. The van der Waals surface area contributed by atoms with Gasteiger partial charge in [-0.05, 0) is 25.1 Å². The summed E-state index contributed by atoms with van der Waals surface area (Å²) in [6.45, 7) is 3.68. The van der Waals surface area contributed by atoms with Gasteiger partial charge in [-0.1, -0.05) is 11.6 Å². The van der Waals surface area contributed by atoms with Crippen LogP contribution in [0.25, 0.3) is 10.9 Å². The minimum atomic E-state index is -0.0924. The zero-order chi connectivity index (χ0) is 13.8. The van der Waals surface area contributed by atoms with Crippen LogP contribution in [0.2, 0.25) is 5.15 Å². The van der Waals surface area contributed by atoms with Gasteiger partial charge in [-0.3, -0.25) is 0 Å². The highest BCUT2D eigenvalue weighted by molar-refractivity contribution is 6.32. The van der Waals surface area contributed by atoms with Gasteiger partial charge >= 0.3 is 0 Å². The lowest BCUT2D eigenvalue weighted by Gasteiger charge is -2.07. The molecule has 0 fully saturated rings. The number of hydrogen-bond acceptors (Lipinski definition) is 3. The summed E-state index contributed by atoms with van der Waals surface area (Å²) in [7, 11) is 1.65. The van der Waals surface area contributed by atoms with Crippen LogP contribution in [0.15, 0.2) is 18.2 Å². The van der Waals surface area contributed by atoms with E-state index in [1.165, 1.54) is 0 Å². The van der Waals surface area contributed by atoms with Gasteiger partial charge in [0.25, 0.3) is 0 Å². The van der Waals surface area contributed by atoms with E-state index in [-0.39, 0.29) is 6.61 Å². The lowest BCUT2D eigenvalue weighted by atomic mass is 10.2. The fraction of sp³-hybridized carbons (Fsp3) is 0.429. The Morgan fingerprint density at radius 1 is 1.37 bits per heavy atom. The van der Waals surface area contributed by atoms with Crippen molar-refractivity contribution >= 4 is 22.5 Å². The monoisotopic (exact) mass is 283 g/mol. The Labute approximate surface area is 117 Å². The molecule has 1 heterocycles. The summed E-state index contributed by atoms with van der Waals surface area (Å²) in [5.74, 6) is 0.783. The smallest absolute Gasteiger partial charge is 0.120 e. The van der Waals surface area contributed by atoms with Crippen LogP contribution in [0.1, 0.15) is 12.5 Å². The van der Waals surface area contributed by atoms with E-state index in [1.54, 1.807) is 7.11 Å². The third-order valence-corrected chi connectivity index (χ3v) is 3.49. The van der Waals surface area contributed by atoms with Gasteiger partial charge < -0.3 is 19.1 Å². The van der Waals surface area contributed by atoms with Crippen LogP contribution in [0.5, 0.6) is 5.75 Å². The Balaban J connectivity index is 2.54. The van der Waals surface area contributed by atoms with Gasteiger partial charge in [0.2, 0.25) is 0 Å². The van der Waals surface area contributed by atoms with Crippen molar-refractivity contribution in [3.05, 3.63) is 28.9 Å². The molecule has 2 rings (SSSR count). The Bertz CT molecular complexity index is 565. The lowest BCUT2D eigenvalue weighted by molar-refractivity contribution is 0.188. The van der Waals surface area contributed by atoms with Crippen LogP contribution in [0, 0.1) is 0 Å². The fourth-order valence-electron chi connectivity index (χ4n) is 2.18. The summed E-state index contributed by atoms with van der Waals surface area (Å²) in [4.78, 5) is 0. The number of halogens is 1. The molecule has 0 aliphatic rings. The van der Waals surface area contributed by atoms with E-state index >= 15 is 0 Å². The number of methoxy groups -OCH3 is 1. The number of benzene rings is 1. The first-order valence-electron chi connectivity index (χ1n) is 6.26. The van der Waals surface area contributed by atoms with E-state index in [4.69, 9.17) is 21.1 Å². The van der Waals surface area contributed by atoms with Gasteiger partial charge in [0.1, 0.15) is 10.9 Å². The molecule has 0 spiro atoms. The first-order chi connectivity index (χ1) is 9.22. The summed E-state index contributed by atoms with van der Waals surface area (Å²) in [5, 5.41) is 11.0. The number of aliphatic hydroxyl groups excluding tert-OH is 1. The molecule has 1 aromatic heterocycles. The topological polar surface area (TPSA) is 43.6 Å². The molecule has 5 heteroatoms. The molecule has 104 valence electrons. The number of nitrogens with zero attached hydrogens (tertiary/aromatic N) is 1. The third-order valence-electron chi connectivity index (χ3n) is 3.06. The SMILES string of the molecule is CCOc1ccc2c(c1)c(CO)c(Cl)n2CCOC. The van der Waals surface area contributed by atoms with Crippen LogP contribution < -0.4 is 4.74 Å². The molecule has 0 aliphatic heterocycles. The second-order valence-corrected chi connectivity index (χ2v) is 4.54.